The number of nitrogens with zero attached hydrogens (tertiary/aromatic N) is 2. The summed E-state index contributed by atoms with van der Waals surface area (Å²) in [7, 11) is 1.58. The fourth-order valence-corrected chi connectivity index (χ4v) is 2.09. The summed E-state index contributed by atoms with van der Waals surface area (Å²) in [5.74, 6) is 1.90. The van der Waals surface area contributed by atoms with Crippen LogP contribution in [0.5, 0.6) is 0 Å². The summed E-state index contributed by atoms with van der Waals surface area (Å²) in [6.07, 6.45) is 5.41. The predicted molar refractivity (Wildman–Crippen MR) is 61.7 cm³/mol. The van der Waals surface area contributed by atoms with E-state index >= 15 is 0 Å². The van der Waals surface area contributed by atoms with Gasteiger partial charge in [0.15, 0.2) is 5.82 Å². The van der Waals surface area contributed by atoms with E-state index in [4.69, 9.17) is 4.52 Å². The average Bonchev–Trinajstić information content (AvgIpc) is 2.98. The van der Waals surface area contributed by atoms with Gasteiger partial charge in [-0.25, -0.2) is 4.79 Å². The Labute approximate surface area is 100 Å². The maximum atomic E-state index is 10.9. The minimum Gasteiger partial charge on any atom is -0.341 e. The number of aromatic nitrogens is 2. The average molecular weight is 238 g/mol. The zero-order valence-electron chi connectivity index (χ0n) is 10.0. The number of nitrogens with one attached hydrogen (secondary N) is 2. The SMILES string of the molecule is CNC(=O)NCCc1nc(C2CCCC2)no1. The second-order valence-corrected chi connectivity index (χ2v) is 4.28. The lowest BCUT2D eigenvalue weighted by Gasteiger charge is -2.01. The molecule has 0 spiro atoms. The third-order valence-electron chi connectivity index (χ3n) is 3.06. The number of carbonyl (C=O) groups excluding carboxylic acids is 1. The standard InChI is InChI=1S/C11H18N4O2/c1-12-11(16)13-7-6-9-14-10(15-17-9)8-4-2-3-5-8/h8H,2-7H2,1H3,(H2,12,13,16). The van der Waals surface area contributed by atoms with Gasteiger partial charge in [0.05, 0.1) is 0 Å². The van der Waals surface area contributed by atoms with Crippen molar-refractivity contribution in [2.24, 2.45) is 0 Å². The van der Waals surface area contributed by atoms with Crippen molar-refractivity contribution in [2.45, 2.75) is 38.0 Å². The summed E-state index contributed by atoms with van der Waals surface area (Å²) in [5.41, 5.74) is 0. The normalized spacial score (nSPS) is 16.1. The van der Waals surface area contributed by atoms with Gasteiger partial charge >= 0.3 is 6.03 Å². The van der Waals surface area contributed by atoms with E-state index in [9.17, 15) is 4.79 Å². The first kappa shape index (κ1) is 11.9. The second-order valence-electron chi connectivity index (χ2n) is 4.28. The van der Waals surface area contributed by atoms with Gasteiger partial charge in [-0.2, -0.15) is 4.98 Å². The van der Waals surface area contributed by atoms with Gasteiger partial charge in [-0.05, 0) is 12.8 Å². The molecule has 94 valence electrons. The van der Waals surface area contributed by atoms with E-state index in [0.717, 1.165) is 18.7 Å². The molecule has 0 atom stereocenters. The molecule has 1 fully saturated rings. The van der Waals surface area contributed by atoms with Crippen LogP contribution in [0.15, 0.2) is 4.52 Å². The van der Waals surface area contributed by atoms with Crippen LogP contribution >= 0.6 is 0 Å². The van der Waals surface area contributed by atoms with E-state index in [1.165, 1.54) is 12.8 Å². The lowest BCUT2D eigenvalue weighted by Crippen LogP contribution is -2.34. The Kier molecular flexibility index (Phi) is 3.95. The molecule has 1 aliphatic carbocycles. The van der Waals surface area contributed by atoms with Crippen LogP contribution in [0.3, 0.4) is 0 Å². The van der Waals surface area contributed by atoms with Crippen LogP contribution in [0.1, 0.15) is 43.3 Å². The molecule has 6 nitrogen and oxygen atoms in total. The van der Waals surface area contributed by atoms with Crippen molar-refractivity contribution in [3.8, 4) is 0 Å². The number of rotatable bonds is 4. The summed E-state index contributed by atoms with van der Waals surface area (Å²) in [4.78, 5) is 15.3. The lowest BCUT2D eigenvalue weighted by molar-refractivity contribution is 0.242. The smallest absolute Gasteiger partial charge is 0.314 e. The van der Waals surface area contributed by atoms with Crippen molar-refractivity contribution in [1.82, 2.24) is 20.8 Å². The van der Waals surface area contributed by atoms with Crippen LogP contribution in [0.25, 0.3) is 0 Å². The third-order valence-corrected chi connectivity index (χ3v) is 3.06. The fraction of sp³-hybridized carbons (Fsp3) is 0.727. The Morgan fingerprint density at radius 1 is 1.47 bits per heavy atom. The van der Waals surface area contributed by atoms with Crippen molar-refractivity contribution in [1.29, 1.82) is 0 Å². The van der Waals surface area contributed by atoms with E-state index in [2.05, 4.69) is 20.8 Å². The molecule has 0 unspecified atom stereocenters. The molecule has 2 N–H and O–H groups in total. The molecule has 0 radical (unpaired) electrons. The van der Waals surface area contributed by atoms with Crippen molar-refractivity contribution >= 4 is 6.03 Å². The molecule has 1 heterocycles. The molecule has 17 heavy (non-hydrogen) atoms. The van der Waals surface area contributed by atoms with Gasteiger partial charge in [-0.15, -0.1) is 0 Å². The summed E-state index contributed by atoms with van der Waals surface area (Å²) in [5, 5.41) is 9.17. The monoisotopic (exact) mass is 238 g/mol. The number of amides is 2. The van der Waals surface area contributed by atoms with E-state index < -0.39 is 0 Å². The van der Waals surface area contributed by atoms with Gasteiger partial charge in [-0.3, -0.25) is 0 Å². The predicted octanol–water partition coefficient (Wildman–Crippen LogP) is 1.20. The molecule has 1 aliphatic rings. The molecule has 2 amide bonds. The fourth-order valence-electron chi connectivity index (χ4n) is 2.09. The highest BCUT2D eigenvalue weighted by molar-refractivity contribution is 5.73. The Morgan fingerprint density at radius 2 is 2.24 bits per heavy atom. The zero-order valence-corrected chi connectivity index (χ0v) is 10.0. The van der Waals surface area contributed by atoms with Gasteiger partial charge in [-0.1, -0.05) is 18.0 Å². The van der Waals surface area contributed by atoms with Gasteiger partial charge in [0.2, 0.25) is 5.89 Å². The highest BCUT2D eigenvalue weighted by Crippen LogP contribution is 2.32. The first-order valence-corrected chi connectivity index (χ1v) is 6.07. The zero-order chi connectivity index (χ0) is 12.1. The Morgan fingerprint density at radius 3 is 2.94 bits per heavy atom. The van der Waals surface area contributed by atoms with Crippen molar-refractivity contribution in [2.75, 3.05) is 13.6 Å². The van der Waals surface area contributed by atoms with Gasteiger partial charge in [0, 0.05) is 25.9 Å². The van der Waals surface area contributed by atoms with Crippen LogP contribution in [0.4, 0.5) is 4.79 Å². The molecule has 0 aromatic carbocycles. The Bertz CT molecular complexity index is 371. The maximum absolute atomic E-state index is 10.9. The number of carbonyl (C=O) groups is 1. The van der Waals surface area contributed by atoms with Crippen LogP contribution in [0, 0.1) is 0 Å². The second kappa shape index (κ2) is 5.65. The van der Waals surface area contributed by atoms with Gasteiger partial charge in [0.1, 0.15) is 0 Å². The number of hydrogen-bond donors (Lipinski definition) is 2. The summed E-state index contributed by atoms with van der Waals surface area (Å²) in [6, 6.07) is -0.194. The van der Waals surface area contributed by atoms with Crippen molar-refractivity contribution in [3.05, 3.63) is 11.7 Å². The van der Waals surface area contributed by atoms with Crippen LogP contribution < -0.4 is 10.6 Å². The van der Waals surface area contributed by atoms with E-state index in [1.807, 2.05) is 0 Å². The molecule has 2 rings (SSSR count). The molecule has 6 heteroatoms. The third kappa shape index (κ3) is 3.18. The summed E-state index contributed by atoms with van der Waals surface area (Å²) in [6.45, 7) is 0.506. The van der Waals surface area contributed by atoms with Gasteiger partial charge < -0.3 is 15.2 Å². The summed E-state index contributed by atoms with van der Waals surface area (Å²) >= 11 is 0. The molecular formula is C11H18N4O2. The van der Waals surface area contributed by atoms with E-state index in [0.29, 0.717) is 24.8 Å². The molecule has 0 saturated heterocycles. The minimum absolute atomic E-state index is 0.194. The van der Waals surface area contributed by atoms with Crippen LogP contribution in [0.2, 0.25) is 0 Å². The van der Waals surface area contributed by atoms with Crippen molar-refractivity contribution in [3.63, 3.8) is 0 Å². The topological polar surface area (TPSA) is 80.0 Å². The lowest BCUT2D eigenvalue weighted by atomic mass is 10.1. The van der Waals surface area contributed by atoms with Crippen molar-refractivity contribution < 1.29 is 9.32 Å². The minimum atomic E-state index is -0.194. The summed E-state index contributed by atoms with van der Waals surface area (Å²) < 4.78 is 5.16. The maximum Gasteiger partial charge on any atom is 0.314 e. The quantitative estimate of drug-likeness (QED) is 0.826. The molecule has 1 aromatic heterocycles. The Balaban J connectivity index is 1.79. The number of urea groups is 1. The molecule has 1 saturated carbocycles. The van der Waals surface area contributed by atoms with Gasteiger partial charge in [0.25, 0.3) is 0 Å². The highest BCUT2D eigenvalue weighted by atomic mass is 16.5. The van der Waals surface area contributed by atoms with Crippen LogP contribution in [-0.4, -0.2) is 29.8 Å². The Hall–Kier alpha value is -1.59. The molecule has 0 aliphatic heterocycles. The van der Waals surface area contributed by atoms with E-state index in [-0.39, 0.29) is 6.03 Å². The molecular weight excluding hydrogens is 220 g/mol. The number of hydrogen-bond acceptors (Lipinski definition) is 4. The molecule has 1 aromatic rings. The largest absolute Gasteiger partial charge is 0.341 e. The highest BCUT2D eigenvalue weighted by Gasteiger charge is 2.22. The first-order chi connectivity index (χ1) is 8.29. The molecule has 0 bridgehead atoms. The first-order valence-electron chi connectivity index (χ1n) is 6.07. The van der Waals surface area contributed by atoms with Crippen LogP contribution in [-0.2, 0) is 6.42 Å². The van der Waals surface area contributed by atoms with E-state index in [1.54, 1.807) is 7.05 Å².